The standard InChI is InChI=1S/C15H17Cl2NO4/c1-9(22-13-5-4-10(16)7-12(13)17)15(21)18-6-2-3-11(18)8-14(19)20/h4-5,7,9,11H,2-3,6,8H2,1H3,(H,19,20). The van der Waals surface area contributed by atoms with Gasteiger partial charge in [0.2, 0.25) is 0 Å². The van der Waals surface area contributed by atoms with Crippen LogP contribution in [0.1, 0.15) is 26.2 Å². The minimum atomic E-state index is -0.904. The number of rotatable bonds is 5. The summed E-state index contributed by atoms with van der Waals surface area (Å²) in [5, 5.41) is 9.72. The summed E-state index contributed by atoms with van der Waals surface area (Å²) in [5.41, 5.74) is 0. The summed E-state index contributed by atoms with van der Waals surface area (Å²) in [6.07, 6.45) is 0.720. The van der Waals surface area contributed by atoms with Crippen LogP contribution in [0.4, 0.5) is 0 Å². The van der Waals surface area contributed by atoms with Crippen molar-refractivity contribution in [3.63, 3.8) is 0 Å². The topological polar surface area (TPSA) is 66.8 Å². The quantitative estimate of drug-likeness (QED) is 0.889. The van der Waals surface area contributed by atoms with E-state index in [1.165, 1.54) is 0 Å². The van der Waals surface area contributed by atoms with Gasteiger partial charge in [0.05, 0.1) is 11.4 Å². The van der Waals surface area contributed by atoms with Gasteiger partial charge in [-0.15, -0.1) is 0 Å². The van der Waals surface area contributed by atoms with E-state index in [9.17, 15) is 9.59 Å². The van der Waals surface area contributed by atoms with Crippen molar-refractivity contribution in [1.29, 1.82) is 0 Å². The number of carboxylic acid groups (broad SMARTS) is 1. The molecule has 2 unspecified atom stereocenters. The number of hydrogen-bond donors (Lipinski definition) is 1. The van der Waals surface area contributed by atoms with E-state index < -0.39 is 12.1 Å². The molecule has 1 N–H and O–H groups in total. The molecule has 120 valence electrons. The predicted molar refractivity (Wildman–Crippen MR) is 83.5 cm³/mol. The number of ether oxygens (including phenoxy) is 1. The van der Waals surface area contributed by atoms with E-state index in [1.54, 1.807) is 30.0 Å². The minimum Gasteiger partial charge on any atom is -0.481 e. The highest BCUT2D eigenvalue weighted by Crippen LogP contribution is 2.29. The lowest BCUT2D eigenvalue weighted by atomic mass is 10.1. The number of halogens is 2. The highest BCUT2D eigenvalue weighted by atomic mass is 35.5. The van der Waals surface area contributed by atoms with Gasteiger partial charge in [-0.1, -0.05) is 23.2 Å². The Labute approximate surface area is 138 Å². The van der Waals surface area contributed by atoms with Gasteiger partial charge in [-0.25, -0.2) is 0 Å². The lowest BCUT2D eigenvalue weighted by Gasteiger charge is -2.27. The van der Waals surface area contributed by atoms with Gasteiger partial charge in [0, 0.05) is 17.6 Å². The minimum absolute atomic E-state index is 0.0415. The maximum absolute atomic E-state index is 12.5. The van der Waals surface area contributed by atoms with Crippen LogP contribution >= 0.6 is 23.2 Å². The summed E-state index contributed by atoms with van der Waals surface area (Å²) in [4.78, 5) is 24.9. The number of benzene rings is 1. The molecule has 1 aromatic rings. The first-order valence-electron chi connectivity index (χ1n) is 7.02. The molecule has 2 rings (SSSR count). The molecule has 1 aliphatic heterocycles. The van der Waals surface area contributed by atoms with Crippen molar-refractivity contribution >= 4 is 35.1 Å². The Hall–Kier alpha value is -1.46. The average Bonchev–Trinajstić information content (AvgIpc) is 2.88. The van der Waals surface area contributed by atoms with Gasteiger partial charge < -0.3 is 14.7 Å². The molecule has 1 heterocycles. The van der Waals surface area contributed by atoms with Crippen LogP contribution in [0.15, 0.2) is 18.2 Å². The molecule has 5 nitrogen and oxygen atoms in total. The summed E-state index contributed by atoms with van der Waals surface area (Å²) < 4.78 is 5.60. The molecular formula is C15H17Cl2NO4. The second kappa shape index (κ2) is 7.20. The van der Waals surface area contributed by atoms with Crippen molar-refractivity contribution in [2.45, 2.75) is 38.3 Å². The Morgan fingerprint density at radius 1 is 1.45 bits per heavy atom. The lowest BCUT2D eigenvalue weighted by molar-refractivity contribution is -0.142. The first-order chi connectivity index (χ1) is 10.4. The zero-order valence-electron chi connectivity index (χ0n) is 12.1. The molecule has 22 heavy (non-hydrogen) atoms. The first-order valence-corrected chi connectivity index (χ1v) is 7.78. The zero-order chi connectivity index (χ0) is 16.3. The van der Waals surface area contributed by atoms with Crippen molar-refractivity contribution in [1.82, 2.24) is 4.90 Å². The summed E-state index contributed by atoms with van der Waals surface area (Å²) in [6.45, 7) is 2.18. The molecule has 0 spiro atoms. The van der Waals surface area contributed by atoms with E-state index in [0.717, 1.165) is 6.42 Å². The fraction of sp³-hybridized carbons (Fsp3) is 0.467. The van der Waals surface area contributed by atoms with Crippen LogP contribution in [0.2, 0.25) is 10.0 Å². The molecule has 7 heteroatoms. The van der Waals surface area contributed by atoms with E-state index in [2.05, 4.69) is 0 Å². The second-order valence-corrected chi connectivity index (χ2v) is 6.10. The highest BCUT2D eigenvalue weighted by molar-refractivity contribution is 6.35. The van der Waals surface area contributed by atoms with Gasteiger partial charge in [0.25, 0.3) is 5.91 Å². The van der Waals surface area contributed by atoms with Crippen LogP contribution in [0.25, 0.3) is 0 Å². The molecule has 0 saturated carbocycles. The van der Waals surface area contributed by atoms with Crippen LogP contribution in [-0.4, -0.2) is 40.6 Å². The third-order valence-corrected chi connectivity index (χ3v) is 4.15. The number of hydrogen-bond acceptors (Lipinski definition) is 3. The summed E-state index contributed by atoms with van der Waals surface area (Å²) in [5.74, 6) is -0.755. The van der Waals surface area contributed by atoms with E-state index in [1.807, 2.05) is 0 Å². The maximum Gasteiger partial charge on any atom is 0.305 e. The SMILES string of the molecule is CC(Oc1ccc(Cl)cc1Cl)C(=O)N1CCCC1CC(=O)O. The molecular weight excluding hydrogens is 329 g/mol. The van der Waals surface area contributed by atoms with Gasteiger partial charge in [-0.05, 0) is 38.0 Å². The van der Waals surface area contributed by atoms with Crippen molar-refractivity contribution in [3.8, 4) is 5.75 Å². The molecule has 1 aliphatic rings. The van der Waals surface area contributed by atoms with E-state index in [0.29, 0.717) is 28.8 Å². The number of carboxylic acids is 1. The maximum atomic E-state index is 12.5. The Bertz CT molecular complexity index is 579. The molecule has 1 fully saturated rings. The summed E-state index contributed by atoms with van der Waals surface area (Å²) in [7, 11) is 0. The van der Waals surface area contributed by atoms with Crippen LogP contribution in [0, 0.1) is 0 Å². The van der Waals surface area contributed by atoms with E-state index >= 15 is 0 Å². The van der Waals surface area contributed by atoms with Gasteiger partial charge in [0.1, 0.15) is 5.75 Å². The molecule has 2 atom stereocenters. The second-order valence-electron chi connectivity index (χ2n) is 5.26. The molecule has 0 aromatic heterocycles. The van der Waals surface area contributed by atoms with Crippen molar-refractivity contribution < 1.29 is 19.4 Å². The molecule has 1 amide bonds. The molecule has 0 aliphatic carbocycles. The average molecular weight is 346 g/mol. The number of amides is 1. The number of aliphatic carboxylic acids is 1. The molecule has 1 saturated heterocycles. The van der Waals surface area contributed by atoms with Crippen molar-refractivity contribution in [3.05, 3.63) is 28.2 Å². The number of likely N-dealkylation sites (tertiary alicyclic amines) is 1. The number of carbonyl (C=O) groups is 2. The van der Waals surface area contributed by atoms with Crippen LogP contribution in [-0.2, 0) is 9.59 Å². The Morgan fingerprint density at radius 2 is 2.18 bits per heavy atom. The normalized spacial score (nSPS) is 19.0. The van der Waals surface area contributed by atoms with Gasteiger partial charge >= 0.3 is 5.97 Å². The van der Waals surface area contributed by atoms with Gasteiger partial charge in [0.15, 0.2) is 6.10 Å². The zero-order valence-corrected chi connectivity index (χ0v) is 13.6. The Balaban J connectivity index is 2.03. The predicted octanol–water partition coefficient (Wildman–Crippen LogP) is 3.23. The summed E-state index contributed by atoms with van der Waals surface area (Å²) in [6, 6.07) is 4.51. The third-order valence-electron chi connectivity index (χ3n) is 3.62. The highest BCUT2D eigenvalue weighted by Gasteiger charge is 2.33. The Morgan fingerprint density at radius 3 is 2.82 bits per heavy atom. The number of carbonyl (C=O) groups excluding carboxylic acids is 1. The van der Waals surface area contributed by atoms with Gasteiger partial charge in [-0.2, -0.15) is 0 Å². The fourth-order valence-corrected chi connectivity index (χ4v) is 3.04. The number of nitrogens with zero attached hydrogens (tertiary/aromatic N) is 1. The van der Waals surface area contributed by atoms with E-state index in [-0.39, 0.29) is 18.4 Å². The monoisotopic (exact) mass is 345 g/mol. The van der Waals surface area contributed by atoms with Crippen molar-refractivity contribution in [2.24, 2.45) is 0 Å². The fourth-order valence-electron chi connectivity index (χ4n) is 2.58. The smallest absolute Gasteiger partial charge is 0.305 e. The van der Waals surface area contributed by atoms with Crippen LogP contribution in [0.5, 0.6) is 5.75 Å². The summed E-state index contributed by atoms with van der Waals surface area (Å²) >= 11 is 11.8. The van der Waals surface area contributed by atoms with Crippen LogP contribution in [0.3, 0.4) is 0 Å². The molecule has 1 aromatic carbocycles. The molecule has 0 bridgehead atoms. The van der Waals surface area contributed by atoms with Crippen molar-refractivity contribution in [2.75, 3.05) is 6.54 Å². The molecule has 0 radical (unpaired) electrons. The van der Waals surface area contributed by atoms with Gasteiger partial charge in [-0.3, -0.25) is 9.59 Å². The third kappa shape index (κ3) is 4.05. The lowest BCUT2D eigenvalue weighted by Crippen LogP contribution is -2.43. The van der Waals surface area contributed by atoms with E-state index in [4.69, 9.17) is 33.0 Å². The Kier molecular flexibility index (Phi) is 5.53. The first kappa shape index (κ1) is 16.9. The largest absolute Gasteiger partial charge is 0.481 e. The van der Waals surface area contributed by atoms with Crippen LogP contribution < -0.4 is 4.74 Å².